The van der Waals surface area contributed by atoms with Crippen LogP contribution in [0.5, 0.6) is 0 Å². The second-order valence-electron chi connectivity index (χ2n) is 5.04. The number of ether oxygens (including phenoxy) is 2. The zero-order valence-electron chi connectivity index (χ0n) is 13.0. The number of halogens is 1. The number of esters is 2. The van der Waals surface area contributed by atoms with E-state index in [0.717, 1.165) is 0 Å². The molecule has 1 saturated heterocycles. The number of carbonyl (C=O) groups is 3. The topological polar surface area (TPSA) is 72.9 Å². The highest BCUT2D eigenvalue weighted by Crippen LogP contribution is 2.29. The van der Waals surface area contributed by atoms with Crippen molar-refractivity contribution in [3.05, 3.63) is 28.8 Å². The minimum Gasteiger partial charge on any atom is -0.466 e. The second-order valence-corrected chi connectivity index (χ2v) is 5.45. The third kappa shape index (κ3) is 3.82. The average molecular weight is 340 g/mol. The fourth-order valence-corrected chi connectivity index (χ4v) is 2.67. The minimum atomic E-state index is -0.513. The van der Waals surface area contributed by atoms with Crippen molar-refractivity contribution in [2.45, 2.75) is 20.3 Å². The monoisotopic (exact) mass is 339 g/mol. The van der Waals surface area contributed by atoms with E-state index in [4.69, 9.17) is 21.1 Å². The third-order valence-electron chi connectivity index (χ3n) is 3.50. The summed E-state index contributed by atoms with van der Waals surface area (Å²) < 4.78 is 9.86. The molecule has 1 aliphatic heterocycles. The maximum atomic E-state index is 12.1. The molecule has 0 bridgehead atoms. The van der Waals surface area contributed by atoms with Crippen LogP contribution in [0.3, 0.4) is 0 Å². The smallest absolute Gasteiger partial charge is 0.339 e. The van der Waals surface area contributed by atoms with Gasteiger partial charge in [-0.05, 0) is 32.0 Å². The summed E-state index contributed by atoms with van der Waals surface area (Å²) in [5.74, 6) is -1.55. The Morgan fingerprint density at radius 2 is 1.96 bits per heavy atom. The van der Waals surface area contributed by atoms with Crippen molar-refractivity contribution in [1.82, 2.24) is 0 Å². The first-order valence-corrected chi connectivity index (χ1v) is 7.79. The van der Waals surface area contributed by atoms with E-state index < -0.39 is 11.9 Å². The predicted octanol–water partition coefficient (Wildman–Crippen LogP) is 2.43. The van der Waals surface area contributed by atoms with E-state index in [2.05, 4.69) is 0 Å². The van der Waals surface area contributed by atoms with Crippen LogP contribution in [0.25, 0.3) is 0 Å². The Kier molecular flexibility index (Phi) is 5.60. The maximum absolute atomic E-state index is 12.1. The fourth-order valence-electron chi connectivity index (χ4n) is 2.42. The largest absolute Gasteiger partial charge is 0.466 e. The lowest BCUT2D eigenvalue weighted by Gasteiger charge is -2.17. The highest BCUT2D eigenvalue weighted by atomic mass is 35.5. The molecule has 0 N–H and O–H groups in total. The van der Waals surface area contributed by atoms with Crippen molar-refractivity contribution >= 4 is 35.1 Å². The van der Waals surface area contributed by atoms with Crippen LogP contribution in [0.2, 0.25) is 5.02 Å². The van der Waals surface area contributed by atoms with Gasteiger partial charge in [-0.15, -0.1) is 0 Å². The van der Waals surface area contributed by atoms with Gasteiger partial charge in [0, 0.05) is 18.7 Å². The molecule has 7 heteroatoms. The van der Waals surface area contributed by atoms with Gasteiger partial charge in [0.25, 0.3) is 0 Å². The molecule has 1 aromatic rings. The van der Waals surface area contributed by atoms with Crippen molar-refractivity contribution in [3.63, 3.8) is 0 Å². The Balaban J connectivity index is 2.16. The second kappa shape index (κ2) is 7.46. The zero-order chi connectivity index (χ0) is 17.0. The highest BCUT2D eigenvalue weighted by molar-refractivity contribution is 6.34. The van der Waals surface area contributed by atoms with Gasteiger partial charge in [0.1, 0.15) is 0 Å². The number of anilines is 1. The maximum Gasteiger partial charge on any atom is 0.339 e. The van der Waals surface area contributed by atoms with Crippen molar-refractivity contribution in [2.75, 3.05) is 24.7 Å². The number of nitrogens with zero attached hydrogens (tertiary/aromatic N) is 1. The molecule has 1 fully saturated rings. The van der Waals surface area contributed by atoms with Crippen LogP contribution in [0.4, 0.5) is 5.69 Å². The van der Waals surface area contributed by atoms with E-state index in [1.807, 2.05) is 0 Å². The van der Waals surface area contributed by atoms with Crippen LogP contribution in [-0.2, 0) is 19.1 Å². The lowest BCUT2D eigenvalue weighted by Crippen LogP contribution is -2.26. The summed E-state index contributed by atoms with van der Waals surface area (Å²) in [6, 6.07) is 4.66. The van der Waals surface area contributed by atoms with Crippen LogP contribution >= 0.6 is 11.6 Å². The Bertz CT molecular complexity index is 631. The molecule has 6 nitrogen and oxygen atoms in total. The normalized spacial score (nSPS) is 17.3. The number of hydrogen-bond acceptors (Lipinski definition) is 5. The lowest BCUT2D eigenvalue weighted by molar-refractivity contribution is -0.147. The number of rotatable bonds is 5. The van der Waals surface area contributed by atoms with Crippen LogP contribution in [-0.4, -0.2) is 37.6 Å². The average Bonchev–Trinajstić information content (AvgIpc) is 2.89. The van der Waals surface area contributed by atoms with Gasteiger partial charge in [-0.1, -0.05) is 11.6 Å². The molecule has 1 aliphatic rings. The van der Waals surface area contributed by atoms with Crippen LogP contribution < -0.4 is 4.90 Å². The Hall–Kier alpha value is -2.08. The molecule has 0 radical (unpaired) electrons. The molecule has 1 aromatic carbocycles. The van der Waals surface area contributed by atoms with Gasteiger partial charge >= 0.3 is 11.9 Å². The van der Waals surface area contributed by atoms with Crippen molar-refractivity contribution in [3.8, 4) is 0 Å². The van der Waals surface area contributed by atoms with Crippen LogP contribution in [0, 0.1) is 5.92 Å². The Labute approximate surface area is 139 Å². The summed E-state index contributed by atoms with van der Waals surface area (Å²) in [6.45, 7) is 4.21. The minimum absolute atomic E-state index is 0.107. The van der Waals surface area contributed by atoms with Gasteiger partial charge in [0.15, 0.2) is 0 Å². The molecule has 0 aliphatic carbocycles. The summed E-state index contributed by atoms with van der Waals surface area (Å²) >= 11 is 6.10. The van der Waals surface area contributed by atoms with E-state index in [0.29, 0.717) is 5.69 Å². The van der Waals surface area contributed by atoms with E-state index in [-0.39, 0.29) is 48.6 Å². The highest BCUT2D eigenvalue weighted by Gasteiger charge is 2.36. The van der Waals surface area contributed by atoms with Crippen LogP contribution in [0.15, 0.2) is 18.2 Å². The lowest BCUT2D eigenvalue weighted by atomic mass is 10.1. The van der Waals surface area contributed by atoms with Gasteiger partial charge in [-0.3, -0.25) is 9.59 Å². The van der Waals surface area contributed by atoms with E-state index in [1.165, 1.54) is 17.0 Å². The SMILES string of the molecule is CCOC(=O)c1ccc(N2C[C@H](C(=O)OCC)CC2=O)cc1Cl. The van der Waals surface area contributed by atoms with E-state index in [9.17, 15) is 14.4 Å². The molecule has 1 amide bonds. The first-order valence-electron chi connectivity index (χ1n) is 7.41. The van der Waals surface area contributed by atoms with Crippen LogP contribution in [0.1, 0.15) is 30.6 Å². The quantitative estimate of drug-likeness (QED) is 0.770. The Morgan fingerprint density at radius 1 is 1.26 bits per heavy atom. The van der Waals surface area contributed by atoms with Crippen molar-refractivity contribution < 1.29 is 23.9 Å². The van der Waals surface area contributed by atoms with E-state index in [1.54, 1.807) is 19.9 Å². The molecule has 2 rings (SSSR count). The van der Waals surface area contributed by atoms with Gasteiger partial charge < -0.3 is 14.4 Å². The first kappa shape index (κ1) is 17.3. The van der Waals surface area contributed by atoms with Gasteiger partial charge in [0.2, 0.25) is 5.91 Å². The number of amides is 1. The summed E-state index contributed by atoms with van der Waals surface area (Å²) in [5, 5.41) is 0.202. The molecule has 124 valence electrons. The first-order chi connectivity index (χ1) is 11.0. The zero-order valence-corrected chi connectivity index (χ0v) is 13.8. The molecule has 1 atom stereocenters. The fraction of sp³-hybridized carbons (Fsp3) is 0.438. The summed E-state index contributed by atoms with van der Waals surface area (Å²) in [5.41, 5.74) is 0.783. The molecule has 0 aromatic heterocycles. The van der Waals surface area contributed by atoms with Gasteiger partial charge in [-0.2, -0.15) is 0 Å². The van der Waals surface area contributed by atoms with Gasteiger partial charge in [-0.25, -0.2) is 4.79 Å². The molecular formula is C16H18ClNO5. The van der Waals surface area contributed by atoms with Gasteiger partial charge in [0.05, 0.1) is 29.7 Å². The number of carbonyl (C=O) groups excluding carboxylic acids is 3. The molecule has 23 heavy (non-hydrogen) atoms. The third-order valence-corrected chi connectivity index (χ3v) is 3.82. The van der Waals surface area contributed by atoms with E-state index >= 15 is 0 Å². The molecule has 0 spiro atoms. The predicted molar refractivity (Wildman–Crippen MR) is 84.5 cm³/mol. The molecule has 0 unspecified atom stereocenters. The summed E-state index contributed by atoms with van der Waals surface area (Å²) in [4.78, 5) is 37.1. The number of hydrogen-bond donors (Lipinski definition) is 0. The summed E-state index contributed by atoms with van der Waals surface area (Å²) in [6.07, 6.45) is 0.107. The Morgan fingerprint density at radius 3 is 2.57 bits per heavy atom. The molecule has 1 heterocycles. The van der Waals surface area contributed by atoms with Crippen molar-refractivity contribution in [2.24, 2.45) is 5.92 Å². The summed E-state index contributed by atoms with van der Waals surface area (Å²) in [7, 11) is 0. The molecule has 0 saturated carbocycles. The molecular weight excluding hydrogens is 322 g/mol. The van der Waals surface area contributed by atoms with Crippen molar-refractivity contribution in [1.29, 1.82) is 0 Å². The standard InChI is InChI=1S/C16H18ClNO5/c1-3-22-15(20)10-7-14(19)18(9-10)11-5-6-12(13(17)8-11)16(21)23-4-2/h5-6,8,10H,3-4,7,9H2,1-2H3/t10-/m1/s1. The number of benzene rings is 1.